The summed E-state index contributed by atoms with van der Waals surface area (Å²) in [6, 6.07) is 13.0. The predicted octanol–water partition coefficient (Wildman–Crippen LogP) is 5.69. The molecule has 4 rings (SSSR count). The largest absolute Gasteiger partial charge is 0.486 e. The van der Waals surface area contributed by atoms with Crippen molar-refractivity contribution in [2.75, 3.05) is 19.8 Å². The van der Waals surface area contributed by atoms with E-state index in [9.17, 15) is 4.79 Å². The average Bonchev–Trinajstić information content (AvgIpc) is 3.30. The number of nitrogens with one attached hydrogen (secondary N) is 1. The zero-order chi connectivity index (χ0) is 22.5. The van der Waals surface area contributed by atoms with Gasteiger partial charge in [0.1, 0.15) is 13.2 Å². The van der Waals surface area contributed by atoms with Gasteiger partial charge >= 0.3 is 0 Å². The number of para-hydroxylation sites is 1. The number of aromatic nitrogens is 1. The van der Waals surface area contributed by atoms with Gasteiger partial charge in [-0.05, 0) is 60.7 Å². The molecule has 1 aromatic heterocycles. The van der Waals surface area contributed by atoms with Crippen LogP contribution in [-0.2, 0) is 0 Å². The molecule has 0 aliphatic carbocycles. The van der Waals surface area contributed by atoms with E-state index in [2.05, 4.69) is 30.4 Å². The molecular formula is C25H25ClN2O4. The second-order valence-electron chi connectivity index (χ2n) is 7.51. The van der Waals surface area contributed by atoms with Crippen molar-refractivity contribution in [1.82, 2.24) is 10.5 Å². The summed E-state index contributed by atoms with van der Waals surface area (Å²) in [5.74, 6) is 1.43. The first-order valence-electron chi connectivity index (χ1n) is 10.7. The number of ether oxygens (including phenoxy) is 2. The van der Waals surface area contributed by atoms with Gasteiger partial charge in [0.2, 0.25) is 0 Å². The molecule has 1 amide bonds. The van der Waals surface area contributed by atoms with Crippen molar-refractivity contribution in [1.29, 1.82) is 0 Å². The molecule has 0 radical (unpaired) electrons. The minimum atomic E-state index is -0.291. The van der Waals surface area contributed by atoms with E-state index in [0.717, 1.165) is 23.1 Å². The summed E-state index contributed by atoms with van der Waals surface area (Å²) >= 11 is 6.19. The molecule has 0 atom stereocenters. The molecule has 6 nitrogen and oxygen atoms in total. The molecular weight excluding hydrogens is 428 g/mol. The van der Waals surface area contributed by atoms with Crippen LogP contribution in [0.4, 0.5) is 0 Å². The molecule has 0 saturated carbocycles. The first-order chi connectivity index (χ1) is 15.6. The molecule has 32 heavy (non-hydrogen) atoms. The van der Waals surface area contributed by atoms with Crippen LogP contribution in [0.25, 0.3) is 16.9 Å². The number of carbonyl (C=O) groups excluding carboxylic acids is 1. The van der Waals surface area contributed by atoms with Gasteiger partial charge in [-0.25, -0.2) is 0 Å². The van der Waals surface area contributed by atoms with Gasteiger partial charge in [-0.1, -0.05) is 41.9 Å². The van der Waals surface area contributed by atoms with Crippen LogP contribution in [0.2, 0.25) is 5.02 Å². The van der Waals surface area contributed by atoms with Crippen LogP contribution in [0.5, 0.6) is 11.5 Å². The van der Waals surface area contributed by atoms with E-state index in [-0.39, 0.29) is 11.6 Å². The van der Waals surface area contributed by atoms with Crippen molar-refractivity contribution in [3.8, 4) is 22.8 Å². The molecule has 1 aliphatic heterocycles. The molecule has 2 aromatic carbocycles. The summed E-state index contributed by atoms with van der Waals surface area (Å²) in [6.45, 7) is 5.58. The Hall–Kier alpha value is -3.25. The monoisotopic (exact) mass is 452 g/mol. The Morgan fingerprint density at radius 1 is 1.19 bits per heavy atom. The van der Waals surface area contributed by atoms with Crippen LogP contribution in [0.1, 0.15) is 41.4 Å². The van der Waals surface area contributed by atoms with Crippen molar-refractivity contribution in [3.63, 3.8) is 0 Å². The summed E-state index contributed by atoms with van der Waals surface area (Å²) in [6.07, 6.45) is 3.75. The maximum atomic E-state index is 12.6. The molecule has 1 N–H and O–H groups in total. The molecule has 0 saturated heterocycles. The molecule has 0 fully saturated rings. The van der Waals surface area contributed by atoms with Crippen molar-refractivity contribution in [2.24, 2.45) is 0 Å². The molecule has 3 aromatic rings. The number of hydrogen-bond donors (Lipinski definition) is 1. The third kappa shape index (κ3) is 4.81. The number of fused-ring (bicyclic) bond motifs is 1. The van der Waals surface area contributed by atoms with E-state index in [1.807, 2.05) is 36.4 Å². The van der Waals surface area contributed by atoms with Gasteiger partial charge in [0.05, 0.1) is 5.56 Å². The number of allylic oxidation sites excluding steroid dienone is 1. The molecule has 0 bridgehead atoms. The highest BCUT2D eigenvalue weighted by atomic mass is 35.5. The van der Waals surface area contributed by atoms with Crippen molar-refractivity contribution in [3.05, 3.63) is 70.4 Å². The highest BCUT2D eigenvalue weighted by Gasteiger charge is 2.21. The quantitative estimate of drug-likeness (QED) is 0.498. The lowest BCUT2D eigenvalue weighted by Crippen LogP contribution is -2.24. The third-order valence-corrected chi connectivity index (χ3v) is 5.49. The molecule has 0 spiro atoms. The van der Waals surface area contributed by atoms with E-state index < -0.39 is 0 Å². The second kappa shape index (κ2) is 9.92. The van der Waals surface area contributed by atoms with Crippen LogP contribution >= 0.6 is 11.6 Å². The van der Waals surface area contributed by atoms with Crippen molar-refractivity contribution < 1.29 is 18.8 Å². The Balaban J connectivity index is 1.43. The van der Waals surface area contributed by atoms with Crippen molar-refractivity contribution in [2.45, 2.75) is 26.7 Å². The lowest BCUT2D eigenvalue weighted by atomic mass is 9.97. The fourth-order valence-corrected chi connectivity index (χ4v) is 3.88. The minimum Gasteiger partial charge on any atom is -0.486 e. The number of benzene rings is 2. The molecule has 1 aliphatic rings. The Bertz CT molecular complexity index is 1150. The van der Waals surface area contributed by atoms with Gasteiger partial charge in [-0.2, -0.15) is 0 Å². The number of rotatable bonds is 7. The average molecular weight is 453 g/mol. The van der Waals surface area contributed by atoms with Gasteiger partial charge < -0.3 is 19.3 Å². The number of carbonyl (C=O) groups is 1. The number of hydrogen-bond acceptors (Lipinski definition) is 5. The summed E-state index contributed by atoms with van der Waals surface area (Å²) in [4.78, 5) is 12.6. The number of halogens is 1. The molecule has 2 heterocycles. The Morgan fingerprint density at radius 2 is 2.03 bits per heavy atom. The van der Waals surface area contributed by atoms with Crippen LogP contribution in [0.3, 0.4) is 0 Å². The normalized spacial score (nSPS) is 13.2. The van der Waals surface area contributed by atoms with Gasteiger partial charge in [-0.15, -0.1) is 0 Å². The van der Waals surface area contributed by atoms with Crippen LogP contribution < -0.4 is 14.8 Å². The van der Waals surface area contributed by atoms with Crippen LogP contribution in [-0.4, -0.2) is 30.8 Å². The van der Waals surface area contributed by atoms with Gasteiger partial charge in [0, 0.05) is 17.6 Å². The maximum Gasteiger partial charge on any atom is 0.273 e. The Morgan fingerprint density at radius 3 is 2.88 bits per heavy atom. The number of nitrogens with zero attached hydrogens (tertiary/aromatic N) is 1. The molecule has 0 unspecified atom stereocenters. The van der Waals surface area contributed by atoms with E-state index >= 15 is 0 Å². The van der Waals surface area contributed by atoms with Gasteiger partial charge in [0.25, 0.3) is 5.91 Å². The van der Waals surface area contributed by atoms with Gasteiger partial charge in [0.15, 0.2) is 23.0 Å². The first-order valence-corrected chi connectivity index (χ1v) is 11.0. The Kier molecular flexibility index (Phi) is 6.81. The maximum absolute atomic E-state index is 12.6. The lowest BCUT2D eigenvalue weighted by molar-refractivity contribution is 0.0945. The summed E-state index contributed by atoms with van der Waals surface area (Å²) < 4.78 is 16.8. The SMILES string of the molecule is CC/C=C(/CCNC(=O)c1cc(-c2cccc3c2OCCO3)on1)c1cc(Cl)ccc1C. The summed E-state index contributed by atoms with van der Waals surface area (Å²) in [5.41, 5.74) is 4.33. The first kappa shape index (κ1) is 22.0. The molecule has 166 valence electrons. The number of amides is 1. The smallest absolute Gasteiger partial charge is 0.273 e. The van der Waals surface area contributed by atoms with Gasteiger partial charge in [-0.3, -0.25) is 4.79 Å². The zero-order valence-electron chi connectivity index (χ0n) is 18.1. The standard InChI is InChI=1S/C25H25ClN2O4/c1-3-5-17(20-14-18(26)9-8-16(20)2)10-11-27-25(29)21-15-23(32-28-21)19-6-4-7-22-24(19)31-13-12-30-22/h4-9,14-15H,3,10-13H2,1-2H3,(H,27,29)/b17-5-. The van der Waals surface area contributed by atoms with E-state index in [1.165, 1.54) is 0 Å². The zero-order valence-corrected chi connectivity index (χ0v) is 18.9. The third-order valence-electron chi connectivity index (χ3n) is 5.25. The predicted molar refractivity (Wildman–Crippen MR) is 124 cm³/mol. The summed E-state index contributed by atoms with van der Waals surface area (Å²) in [7, 11) is 0. The van der Waals surface area contributed by atoms with Crippen LogP contribution in [0.15, 0.2) is 53.1 Å². The molecule has 7 heteroatoms. The van der Waals surface area contributed by atoms with E-state index in [4.69, 9.17) is 25.6 Å². The summed E-state index contributed by atoms with van der Waals surface area (Å²) in [5, 5.41) is 7.57. The van der Waals surface area contributed by atoms with Crippen LogP contribution in [0, 0.1) is 6.92 Å². The second-order valence-corrected chi connectivity index (χ2v) is 7.95. The lowest BCUT2D eigenvalue weighted by Gasteiger charge is -2.19. The van der Waals surface area contributed by atoms with E-state index in [1.54, 1.807) is 6.07 Å². The van der Waals surface area contributed by atoms with E-state index in [0.29, 0.717) is 54.0 Å². The Labute approximate surface area is 192 Å². The fraction of sp³-hybridized carbons (Fsp3) is 0.280. The number of aryl methyl sites for hydroxylation is 1. The highest BCUT2D eigenvalue weighted by molar-refractivity contribution is 6.30. The van der Waals surface area contributed by atoms with Crippen molar-refractivity contribution >= 4 is 23.1 Å². The highest BCUT2D eigenvalue weighted by Crippen LogP contribution is 2.39. The topological polar surface area (TPSA) is 73.6 Å². The fourth-order valence-electron chi connectivity index (χ4n) is 3.71. The minimum absolute atomic E-state index is 0.217.